The Morgan fingerprint density at radius 2 is 2.08 bits per heavy atom. The lowest BCUT2D eigenvalue weighted by atomic mass is 10.1. The van der Waals surface area contributed by atoms with Crippen LogP contribution in [0, 0.1) is 5.92 Å². The van der Waals surface area contributed by atoms with Crippen molar-refractivity contribution < 1.29 is 4.79 Å². The fourth-order valence-electron chi connectivity index (χ4n) is 3.22. The molecule has 1 unspecified atom stereocenters. The number of nitrogens with one attached hydrogen (secondary N) is 2. The molecule has 0 spiro atoms. The van der Waals surface area contributed by atoms with E-state index in [0.717, 1.165) is 38.6 Å². The zero-order valence-electron chi connectivity index (χ0n) is 16.7. The number of amides is 1. The molecule has 0 saturated carbocycles. The van der Waals surface area contributed by atoms with Gasteiger partial charge < -0.3 is 20.4 Å². The molecule has 26 heavy (non-hydrogen) atoms. The van der Waals surface area contributed by atoms with Crippen LogP contribution in [-0.4, -0.2) is 61.9 Å². The van der Waals surface area contributed by atoms with Crippen molar-refractivity contribution in [3.8, 4) is 0 Å². The van der Waals surface area contributed by atoms with E-state index in [4.69, 9.17) is 0 Å². The van der Waals surface area contributed by atoms with Crippen LogP contribution in [0.3, 0.4) is 0 Å². The lowest BCUT2D eigenvalue weighted by Crippen LogP contribution is -2.45. The Morgan fingerprint density at radius 3 is 2.73 bits per heavy atom. The number of likely N-dealkylation sites (tertiary alicyclic amines) is 1. The Kier molecular flexibility index (Phi) is 7.45. The molecule has 6 nitrogen and oxygen atoms in total. The molecule has 1 saturated heterocycles. The van der Waals surface area contributed by atoms with Crippen LogP contribution in [0.5, 0.6) is 0 Å². The third kappa shape index (κ3) is 6.02. The largest absolute Gasteiger partial charge is 0.352 e. The maximum absolute atomic E-state index is 12.1. The molecule has 0 aromatic heterocycles. The summed E-state index contributed by atoms with van der Waals surface area (Å²) >= 11 is 0. The van der Waals surface area contributed by atoms with Gasteiger partial charge in [0.25, 0.3) is 0 Å². The second-order valence-electron chi connectivity index (χ2n) is 7.55. The number of aliphatic imine (C=N–C) groups is 1. The van der Waals surface area contributed by atoms with E-state index in [1.54, 1.807) is 7.05 Å². The van der Waals surface area contributed by atoms with Crippen LogP contribution in [-0.2, 0) is 17.9 Å². The van der Waals surface area contributed by atoms with Crippen molar-refractivity contribution in [1.29, 1.82) is 0 Å². The van der Waals surface area contributed by atoms with E-state index >= 15 is 0 Å². The van der Waals surface area contributed by atoms with E-state index in [9.17, 15) is 4.79 Å². The Hall–Kier alpha value is -2.08. The first-order valence-corrected chi connectivity index (χ1v) is 9.37. The number of hydrogen-bond donors (Lipinski definition) is 2. The molecule has 1 heterocycles. The molecule has 0 bridgehead atoms. The Bertz CT molecular complexity index is 626. The standard InChI is InChI=1S/C20H33N5O/c1-15(2)19(26)25-10-9-18(14-25)23-20(21-3)22-12-16-7-6-8-17(11-16)13-24(4)5/h6-8,11,15,18H,9-10,12-14H2,1-5H3,(H2,21,22,23). The molecule has 1 aromatic carbocycles. The van der Waals surface area contributed by atoms with Crippen molar-refractivity contribution in [2.24, 2.45) is 10.9 Å². The van der Waals surface area contributed by atoms with Gasteiger partial charge in [0.05, 0.1) is 0 Å². The van der Waals surface area contributed by atoms with Crippen molar-refractivity contribution in [1.82, 2.24) is 20.4 Å². The van der Waals surface area contributed by atoms with Crippen molar-refractivity contribution in [3.05, 3.63) is 35.4 Å². The highest BCUT2D eigenvalue weighted by Crippen LogP contribution is 2.13. The van der Waals surface area contributed by atoms with E-state index in [-0.39, 0.29) is 17.9 Å². The van der Waals surface area contributed by atoms with Gasteiger partial charge in [-0.05, 0) is 31.6 Å². The number of carbonyl (C=O) groups is 1. The molecule has 6 heteroatoms. The minimum atomic E-state index is 0.0561. The normalized spacial score (nSPS) is 17.9. The van der Waals surface area contributed by atoms with Crippen LogP contribution in [0.25, 0.3) is 0 Å². The van der Waals surface area contributed by atoms with E-state index < -0.39 is 0 Å². The van der Waals surface area contributed by atoms with Crippen LogP contribution < -0.4 is 10.6 Å². The molecular formula is C20H33N5O. The summed E-state index contributed by atoms with van der Waals surface area (Å²) in [4.78, 5) is 20.5. The molecule has 1 aromatic rings. The fraction of sp³-hybridized carbons (Fsp3) is 0.600. The second-order valence-corrected chi connectivity index (χ2v) is 7.55. The highest BCUT2D eigenvalue weighted by molar-refractivity contribution is 5.81. The highest BCUT2D eigenvalue weighted by Gasteiger charge is 2.27. The summed E-state index contributed by atoms with van der Waals surface area (Å²) in [6, 6.07) is 8.84. The summed E-state index contributed by atoms with van der Waals surface area (Å²) < 4.78 is 0. The zero-order chi connectivity index (χ0) is 19.1. The zero-order valence-corrected chi connectivity index (χ0v) is 16.7. The fourth-order valence-corrected chi connectivity index (χ4v) is 3.22. The van der Waals surface area contributed by atoms with Crippen molar-refractivity contribution in [2.45, 2.75) is 39.4 Å². The summed E-state index contributed by atoms with van der Waals surface area (Å²) in [5.41, 5.74) is 2.53. The molecule has 0 radical (unpaired) electrons. The van der Waals surface area contributed by atoms with Gasteiger partial charge >= 0.3 is 0 Å². The molecule has 1 atom stereocenters. The molecule has 1 amide bonds. The predicted molar refractivity (Wildman–Crippen MR) is 107 cm³/mol. The number of rotatable bonds is 6. The molecule has 1 fully saturated rings. The monoisotopic (exact) mass is 359 g/mol. The predicted octanol–water partition coefficient (Wildman–Crippen LogP) is 1.67. The molecular weight excluding hydrogens is 326 g/mol. The van der Waals surface area contributed by atoms with Crippen LogP contribution in [0.1, 0.15) is 31.4 Å². The summed E-state index contributed by atoms with van der Waals surface area (Å²) in [7, 11) is 5.93. The first-order valence-electron chi connectivity index (χ1n) is 9.37. The number of guanidine groups is 1. The van der Waals surface area contributed by atoms with Crippen LogP contribution >= 0.6 is 0 Å². The van der Waals surface area contributed by atoms with Gasteiger partial charge in [-0.15, -0.1) is 0 Å². The third-order valence-electron chi connectivity index (χ3n) is 4.51. The topological polar surface area (TPSA) is 60.0 Å². The van der Waals surface area contributed by atoms with E-state index in [2.05, 4.69) is 58.9 Å². The van der Waals surface area contributed by atoms with E-state index in [0.29, 0.717) is 0 Å². The number of benzene rings is 1. The van der Waals surface area contributed by atoms with Crippen molar-refractivity contribution >= 4 is 11.9 Å². The lowest BCUT2D eigenvalue weighted by Gasteiger charge is -2.20. The van der Waals surface area contributed by atoms with Gasteiger partial charge in [-0.1, -0.05) is 38.1 Å². The van der Waals surface area contributed by atoms with Crippen molar-refractivity contribution in [2.75, 3.05) is 34.2 Å². The summed E-state index contributed by atoms with van der Waals surface area (Å²) in [5, 5.41) is 6.83. The lowest BCUT2D eigenvalue weighted by molar-refractivity contribution is -0.133. The van der Waals surface area contributed by atoms with E-state index in [1.807, 2.05) is 18.7 Å². The quantitative estimate of drug-likeness (QED) is 0.599. The van der Waals surface area contributed by atoms with Gasteiger partial charge in [-0.2, -0.15) is 0 Å². The van der Waals surface area contributed by atoms with Crippen LogP contribution in [0.15, 0.2) is 29.3 Å². The summed E-state index contributed by atoms with van der Waals surface area (Å²) in [6.07, 6.45) is 0.956. The van der Waals surface area contributed by atoms with Crippen LogP contribution in [0.2, 0.25) is 0 Å². The number of nitrogens with zero attached hydrogens (tertiary/aromatic N) is 3. The van der Waals surface area contributed by atoms with Gasteiger partial charge in [0.1, 0.15) is 0 Å². The maximum Gasteiger partial charge on any atom is 0.225 e. The third-order valence-corrected chi connectivity index (χ3v) is 4.51. The minimum absolute atomic E-state index is 0.0561. The average molecular weight is 360 g/mol. The Labute approximate surface area is 157 Å². The average Bonchev–Trinajstić information content (AvgIpc) is 3.06. The van der Waals surface area contributed by atoms with Gasteiger partial charge in [-0.3, -0.25) is 9.79 Å². The first kappa shape index (κ1) is 20.2. The van der Waals surface area contributed by atoms with Gasteiger partial charge in [0.2, 0.25) is 5.91 Å². The van der Waals surface area contributed by atoms with Gasteiger partial charge in [0, 0.05) is 45.2 Å². The summed E-state index contributed by atoms with van der Waals surface area (Å²) in [6.45, 7) is 7.13. The van der Waals surface area contributed by atoms with Gasteiger partial charge in [0.15, 0.2) is 5.96 Å². The molecule has 144 valence electrons. The van der Waals surface area contributed by atoms with Crippen LogP contribution in [0.4, 0.5) is 0 Å². The molecule has 1 aliphatic rings. The SMILES string of the molecule is CN=C(NCc1cccc(CN(C)C)c1)NC1CCN(C(=O)C(C)C)C1. The summed E-state index contributed by atoms with van der Waals surface area (Å²) in [5.74, 6) is 1.07. The van der Waals surface area contributed by atoms with Gasteiger partial charge in [-0.25, -0.2) is 0 Å². The Morgan fingerprint density at radius 1 is 1.35 bits per heavy atom. The molecule has 2 N–H and O–H groups in total. The molecule has 0 aliphatic carbocycles. The molecule has 2 rings (SSSR count). The highest BCUT2D eigenvalue weighted by atomic mass is 16.2. The molecule has 1 aliphatic heterocycles. The first-order chi connectivity index (χ1) is 12.4. The minimum Gasteiger partial charge on any atom is -0.352 e. The number of hydrogen-bond acceptors (Lipinski definition) is 3. The van der Waals surface area contributed by atoms with E-state index in [1.165, 1.54) is 11.1 Å². The van der Waals surface area contributed by atoms with Crippen molar-refractivity contribution in [3.63, 3.8) is 0 Å². The smallest absolute Gasteiger partial charge is 0.225 e. The number of carbonyl (C=O) groups excluding carboxylic acids is 1. The maximum atomic E-state index is 12.1. The Balaban J connectivity index is 1.84. The second kappa shape index (κ2) is 9.57.